The normalized spacial score (nSPS) is 16.5. The Bertz CT molecular complexity index is 946. The summed E-state index contributed by atoms with van der Waals surface area (Å²) in [6.45, 7) is 4.63. The lowest BCUT2D eigenvalue weighted by Crippen LogP contribution is -2.15. The molecule has 0 spiro atoms. The van der Waals surface area contributed by atoms with Crippen molar-refractivity contribution in [1.29, 1.82) is 0 Å². The van der Waals surface area contributed by atoms with Gasteiger partial charge in [-0.2, -0.15) is 0 Å². The molecule has 1 aliphatic heterocycles. The van der Waals surface area contributed by atoms with Crippen molar-refractivity contribution in [1.82, 2.24) is 5.32 Å². The van der Waals surface area contributed by atoms with Crippen LogP contribution >= 0.6 is 0 Å². The van der Waals surface area contributed by atoms with Gasteiger partial charge in [0.2, 0.25) is 5.91 Å². The van der Waals surface area contributed by atoms with Crippen LogP contribution in [0.2, 0.25) is 0 Å². The smallest absolute Gasteiger partial charge is 0.228 e. The van der Waals surface area contributed by atoms with Gasteiger partial charge in [0.15, 0.2) is 9.84 Å². The summed E-state index contributed by atoms with van der Waals surface area (Å²) in [6, 6.07) is 14.4. The first-order chi connectivity index (χ1) is 12.9. The zero-order chi connectivity index (χ0) is 19.4. The molecule has 0 bridgehead atoms. The Balaban J connectivity index is 1.60. The Labute approximate surface area is 160 Å². The van der Waals surface area contributed by atoms with Crippen LogP contribution < -0.4 is 10.6 Å². The van der Waals surface area contributed by atoms with Crippen molar-refractivity contribution >= 4 is 21.4 Å². The molecule has 0 aliphatic carbocycles. The van der Waals surface area contributed by atoms with E-state index in [1.807, 2.05) is 30.5 Å². The summed E-state index contributed by atoms with van der Waals surface area (Å²) < 4.78 is 23.7. The quantitative estimate of drug-likeness (QED) is 0.802. The van der Waals surface area contributed by atoms with E-state index >= 15 is 0 Å². The fraction of sp³-hybridized carbons (Fsp3) is 0.286. The van der Waals surface area contributed by atoms with E-state index in [1.165, 1.54) is 11.1 Å². The summed E-state index contributed by atoms with van der Waals surface area (Å²) in [5.41, 5.74) is 4.05. The first kappa shape index (κ1) is 19.2. The number of hydrogen-bond acceptors (Lipinski definition) is 4. The SMILES string of the molecule is CCS(=O)(=O)c1ccc(CC(=O)Nc2ccc(C3CNC=C3C)cc2)cc1. The van der Waals surface area contributed by atoms with Gasteiger partial charge in [-0.05, 0) is 54.1 Å². The number of carbonyl (C=O) groups excluding carboxylic acids is 1. The predicted molar refractivity (Wildman–Crippen MR) is 107 cm³/mol. The summed E-state index contributed by atoms with van der Waals surface area (Å²) in [5, 5.41) is 6.13. The van der Waals surface area contributed by atoms with E-state index in [-0.39, 0.29) is 23.0 Å². The number of amides is 1. The van der Waals surface area contributed by atoms with Crippen LogP contribution in [0.1, 0.15) is 30.9 Å². The molecule has 1 heterocycles. The molecule has 6 heteroatoms. The third kappa shape index (κ3) is 4.57. The Morgan fingerprint density at radius 3 is 2.33 bits per heavy atom. The minimum Gasteiger partial charge on any atom is -0.390 e. The monoisotopic (exact) mass is 384 g/mol. The standard InChI is InChI=1S/C21H24N2O3S/c1-3-27(25,26)19-10-4-16(5-11-19)12-21(24)23-18-8-6-17(7-9-18)20-14-22-13-15(20)2/h4-11,13,20,22H,3,12,14H2,1-2H3,(H,23,24). The molecular formula is C21H24N2O3S. The molecule has 1 aliphatic rings. The topological polar surface area (TPSA) is 75.3 Å². The van der Waals surface area contributed by atoms with Gasteiger partial charge in [-0.25, -0.2) is 8.42 Å². The molecule has 0 fully saturated rings. The number of benzene rings is 2. The Morgan fingerprint density at radius 1 is 1.11 bits per heavy atom. The Hall–Kier alpha value is -2.60. The highest BCUT2D eigenvalue weighted by Crippen LogP contribution is 2.27. The van der Waals surface area contributed by atoms with Gasteiger partial charge < -0.3 is 10.6 Å². The van der Waals surface area contributed by atoms with Crippen molar-refractivity contribution in [2.45, 2.75) is 31.1 Å². The lowest BCUT2D eigenvalue weighted by Gasteiger charge is -2.12. The van der Waals surface area contributed by atoms with Gasteiger partial charge >= 0.3 is 0 Å². The van der Waals surface area contributed by atoms with Gasteiger partial charge in [0.05, 0.1) is 17.1 Å². The third-order valence-corrected chi connectivity index (χ3v) is 6.58. The molecule has 2 aromatic carbocycles. The fourth-order valence-electron chi connectivity index (χ4n) is 3.15. The number of hydrogen-bond donors (Lipinski definition) is 2. The second kappa shape index (κ2) is 7.96. The van der Waals surface area contributed by atoms with E-state index in [9.17, 15) is 13.2 Å². The molecular weight excluding hydrogens is 360 g/mol. The molecule has 0 aromatic heterocycles. The number of rotatable bonds is 6. The third-order valence-electron chi connectivity index (χ3n) is 4.83. The number of carbonyl (C=O) groups is 1. The van der Waals surface area contributed by atoms with Crippen LogP contribution in [0.3, 0.4) is 0 Å². The molecule has 1 unspecified atom stereocenters. The highest BCUT2D eigenvalue weighted by Gasteiger charge is 2.17. The van der Waals surface area contributed by atoms with E-state index < -0.39 is 9.84 Å². The summed E-state index contributed by atoms with van der Waals surface area (Å²) in [4.78, 5) is 12.6. The molecule has 2 N–H and O–H groups in total. The fourth-order valence-corrected chi connectivity index (χ4v) is 4.03. The van der Waals surface area contributed by atoms with Crippen LogP contribution in [0.5, 0.6) is 0 Å². The van der Waals surface area contributed by atoms with Crippen LogP contribution in [-0.4, -0.2) is 26.6 Å². The first-order valence-corrected chi connectivity index (χ1v) is 10.7. The van der Waals surface area contributed by atoms with Gasteiger partial charge in [-0.1, -0.05) is 31.2 Å². The van der Waals surface area contributed by atoms with Crippen LogP contribution in [0.4, 0.5) is 5.69 Å². The first-order valence-electron chi connectivity index (χ1n) is 9.00. The molecule has 1 amide bonds. The molecule has 2 aromatic rings. The summed E-state index contributed by atoms with van der Waals surface area (Å²) >= 11 is 0. The molecule has 3 rings (SSSR count). The zero-order valence-electron chi connectivity index (χ0n) is 15.5. The highest BCUT2D eigenvalue weighted by molar-refractivity contribution is 7.91. The van der Waals surface area contributed by atoms with Gasteiger partial charge in [-0.3, -0.25) is 4.79 Å². The van der Waals surface area contributed by atoms with Gasteiger partial charge in [0, 0.05) is 18.2 Å². The van der Waals surface area contributed by atoms with Crippen molar-refractivity contribution < 1.29 is 13.2 Å². The van der Waals surface area contributed by atoms with Crippen LogP contribution in [-0.2, 0) is 21.1 Å². The largest absolute Gasteiger partial charge is 0.390 e. The maximum absolute atomic E-state index is 12.3. The number of nitrogens with one attached hydrogen (secondary N) is 2. The highest BCUT2D eigenvalue weighted by atomic mass is 32.2. The van der Waals surface area contributed by atoms with E-state index in [2.05, 4.69) is 17.6 Å². The van der Waals surface area contributed by atoms with Crippen LogP contribution in [0, 0.1) is 0 Å². The van der Waals surface area contributed by atoms with Gasteiger partial charge in [0.25, 0.3) is 0 Å². The van der Waals surface area contributed by atoms with Gasteiger partial charge in [-0.15, -0.1) is 0 Å². The second-order valence-corrected chi connectivity index (χ2v) is 9.02. The minimum atomic E-state index is -3.22. The lowest BCUT2D eigenvalue weighted by atomic mass is 9.94. The van der Waals surface area contributed by atoms with Crippen LogP contribution in [0.25, 0.3) is 0 Å². The minimum absolute atomic E-state index is 0.0645. The van der Waals surface area contributed by atoms with Crippen LogP contribution in [0.15, 0.2) is 65.2 Å². The maximum Gasteiger partial charge on any atom is 0.228 e. The summed E-state index contributed by atoms with van der Waals surface area (Å²) in [5.74, 6) is 0.315. The number of anilines is 1. The summed E-state index contributed by atoms with van der Waals surface area (Å²) in [6.07, 6.45) is 2.24. The van der Waals surface area contributed by atoms with Crippen molar-refractivity contribution in [3.8, 4) is 0 Å². The molecule has 27 heavy (non-hydrogen) atoms. The molecule has 0 saturated carbocycles. The van der Waals surface area contributed by atoms with Crippen molar-refractivity contribution in [2.75, 3.05) is 17.6 Å². The average molecular weight is 385 g/mol. The van der Waals surface area contributed by atoms with E-state index in [0.29, 0.717) is 5.92 Å². The van der Waals surface area contributed by atoms with Crippen molar-refractivity contribution in [2.24, 2.45) is 0 Å². The van der Waals surface area contributed by atoms with Crippen molar-refractivity contribution in [3.63, 3.8) is 0 Å². The molecule has 1 atom stereocenters. The second-order valence-electron chi connectivity index (χ2n) is 6.74. The molecule has 0 radical (unpaired) electrons. The Morgan fingerprint density at radius 2 is 1.78 bits per heavy atom. The van der Waals surface area contributed by atoms with Crippen molar-refractivity contribution in [3.05, 3.63) is 71.4 Å². The van der Waals surface area contributed by atoms with Gasteiger partial charge in [0.1, 0.15) is 0 Å². The molecule has 142 valence electrons. The molecule has 0 saturated heterocycles. The van der Waals surface area contributed by atoms with E-state index in [1.54, 1.807) is 31.2 Å². The lowest BCUT2D eigenvalue weighted by molar-refractivity contribution is -0.115. The van der Waals surface area contributed by atoms with E-state index in [4.69, 9.17) is 0 Å². The predicted octanol–water partition coefficient (Wildman–Crippen LogP) is 3.25. The van der Waals surface area contributed by atoms with E-state index in [0.717, 1.165) is 17.8 Å². The number of sulfone groups is 1. The average Bonchev–Trinajstić information content (AvgIpc) is 3.09. The zero-order valence-corrected chi connectivity index (χ0v) is 16.3. The molecule has 5 nitrogen and oxygen atoms in total. The summed E-state index contributed by atoms with van der Waals surface area (Å²) in [7, 11) is -3.22. The maximum atomic E-state index is 12.3. The Kier molecular flexibility index (Phi) is 5.65.